The maximum Gasteiger partial charge on any atom is 0.261 e. The third-order valence-electron chi connectivity index (χ3n) is 5.49. The van der Waals surface area contributed by atoms with Crippen molar-refractivity contribution < 1.29 is 14.6 Å². The molecule has 0 radical (unpaired) electrons. The van der Waals surface area contributed by atoms with Crippen molar-refractivity contribution in [2.24, 2.45) is 0 Å². The Morgan fingerprint density at radius 2 is 1.18 bits per heavy atom. The van der Waals surface area contributed by atoms with Crippen LogP contribution in [0.15, 0.2) is 78.9 Å². The van der Waals surface area contributed by atoms with E-state index in [-0.39, 0.29) is 18.3 Å². The average Bonchev–Trinajstić information content (AvgIpc) is 2.82. The van der Waals surface area contributed by atoms with Crippen molar-refractivity contribution in [2.75, 3.05) is 13.2 Å². The molecule has 0 aliphatic rings. The Kier molecular flexibility index (Phi) is 8.28. The largest absolute Gasteiger partial charge is 0.403 e. The minimum Gasteiger partial charge on any atom is -0.403 e. The second-order valence-corrected chi connectivity index (χ2v) is 13.1. The van der Waals surface area contributed by atoms with Gasteiger partial charge in [0.25, 0.3) is 8.32 Å². The van der Waals surface area contributed by atoms with Gasteiger partial charge in [0.1, 0.15) is 13.2 Å². The van der Waals surface area contributed by atoms with Gasteiger partial charge < -0.3 is 14.6 Å². The Balaban J connectivity index is 2.10. The van der Waals surface area contributed by atoms with E-state index < -0.39 is 8.32 Å². The van der Waals surface area contributed by atoms with E-state index >= 15 is 0 Å². The normalized spacial score (nSPS) is 11.2. The highest BCUT2D eigenvalue weighted by Crippen LogP contribution is 2.37. The van der Waals surface area contributed by atoms with E-state index in [4.69, 9.17) is 14.6 Å². The highest BCUT2D eigenvalue weighted by Gasteiger charge is 2.50. The minimum absolute atomic E-state index is 0.121. The zero-order valence-electron chi connectivity index (χ0n) is 19.4. The van der Waals surface area contributed by atoms with Crippen molar-refractivity contribution in [1.82, 2.24) is 0 Å². The van der Waals surface area contributed by atoms with Gasteiger partial charge in [0.2, 0.25) is 0 Å². The van der Waals surface area contributed by atoms with Gasteiger partial charge in [-0.05, 0) is 39.2 Å². The van der Waals surface area contributed by atoms with E-state index in [2.05, 4.69) is 93.0 Å². The molecule has 3 aromatic carbocycles. The molecule has 3 nitrogen and oxygen atoms in total. The predicted octanol–water partition coefficient (Wildman–Crippen LogP) is 3.45. The smallest absolute Gasteiger partial charge is 0.261 e. The first-order valence-electron chi connectivity index (χ1n) is 11.0. The Labute approximate surface area is 198 Å². The van der Waals surface area contributed by atoms with E-state index in [1.165, 1.54) is 10.4 Å². The lowest BCUT2D eigenvalue weighted by Crippen LogP contribution is -2.66. The molecule has 3 aromatic rings. The van der Waals surface area contributed by atoms with Crippen molar-refractivity contribution in [3.8, 4) is 23.7 Å². The Bertz CT molecular complexity index is 1090. The second-order valence-electron chi connectivity index (χ2n) is 8.79. The van der Waals surface area contributed by atoms with Gasteiger partial charge in [-0.2, -0.15) is 0 Å². The summed E-state index contributed by atoms with van der Waals surface area (Å²) in [6.07, 6.45) is 0. The van der Waals surface area contributed by atoms with Crippen LogP contribution in [0.1, 0.15) is 37.5 Å². The van der Waals surface area contributed by atoms with Crippen LogP contribution >= 0.6 is 0 Å². The van der Waals surface area contributed by atoms with Gasteiger partial charge in [-0.15, -0.1) is 0 Å². The fraction of sp³-hybridized carbons (Fsp3) is 0.241. The maximum atomic E-state index is 9.11. The SMILES string of the molecule is CC(C)(C)[Si](OCc1cc(C#CCO)cc(C#CCO)c1)(c1ccccc1)c1ccccc1. The summed E-state index contributed by atoms with van der Waals surface area (Å²) in [4.78, 5) is 0. The summed E-state index contributed by atoms with van der Waals surface area (Å²) >= 11 is 0. The van der Waals surface area contributed by atoms with Crippen molar-refractivity contribution in [2.45, 2.75) is 32.4 Å². The standard InChI is InChI=1S/C29H30O3Si/c1-29(2,3)33(27-14-6-4-7-15-27,28-16-8-5-9-17-28)32-23-26-21-24(12-10-18-30)20-25(22-26)13-11-19-31/h4-9,14-17,20-22,30-31H,18-19,23H2,1-3H3. The maximum absolute atomic E-state index is 9.11. The van der Waals surface area contributed by atoms with Crippen molar-refractivity contribution >= 4 is 18.7 Å². The summed E-state index contributed by atoms with van der Waals surface area (Å²) in [5.74, 6) is 11.3. The molecule has 0 amide bonds. The molecule has 0 spiro atoms. The third kappa shape index (κ3) is 5.82. The van der Waals surface area contributed by atoms with E-state index in [0.29, 0.717) is 6.61 Å². The van der Waals surface area contributed by atoms with Gasteiger partial charge >= 0.3 is 0 Å². The molecule has 0 fully saturated rings. The summed E-state index contributed by atoms with van der Waals surface area (Å²) in [5, 5.41) is 20.5. The van der Waals surface area contributed by atoms with Crippen LogP contribution in [-0.4, -0.2) is 31.7 Å². The number of hydrogen-bond donors (Lipinski definition) is 2. The Morgan fingerprint density at radius 3 is 1.58 bits per heavy atom. The first-order valence-corrected chi connectivity index (χ1v) is 12.9. The topological polar surface area (TPSA) is 49.7 Å². The van der Waals surface area contributed by atoms with Crippen LogP contribution in [0, 0.1) is 23.7 Å². The van der Waals surface area contributed by atoms with Crippen LogP contribution in [0.2, 0.25) is 5.04 Å². The molecule has 0 aliphatic heterocycles. The quantitative estimate of drug-likeness (QED) is 0.459. The van der Waals surface area contributed by atoms with Crippen molar-refractivity contribution in [3.63, 3.8) is 0 Å². The summed E-state index contributed by atoms with van der Waals surface area (Å²) in [5.41, 5.74) is 2.47. The lowest BCUT2D eigenvalue weighted by Gasteiger charge is -2.43. The van der Waals surface area contributed by atoms with Crippen molar-refractivity contribution in [1.29, 1.82) is 0 Å². The van der Waals surface area contributed by atoms with Crippen LogP contribution in [0.25, 0.3) is 0 Å². The molecule has 0 heterocycles. The first kappa shape index (κ1) is 24.5. The summed E-state index contributed by atoms with van der Waals surface area (Å²) in [6, 6.07) is 26.9. The lowest BCUT2D eigenvalue weighted by molar-refractivity contribution is 0.286. The first-order chi connectivity index (χ1) is 15.9. The monoisotopic (exact) mass is 454 g/mol. The van der Waals surface area contributed by atoms with E-state index in [0.717, 1.165) is 16.7 Å². The molecule has 0 saturated carbocycles. The van der Waals surface area contributed by atoms with E-state index in [1.54, 1.807) is 0 Å². The van der Waals surface area contributed by atoms with Gasteiger partial charge in [0.15, 0.2) is 0 Å². The van der Waals surface area contributed by atoms with Crippen LogP contribution < -0.4 is 10.4 Å². The van der Waals surface area contributed by atoms with Gasteiger partial charge in [-0.3, -0.25) is 0 Å². The van der Waals surface area contributed by atoms with Crippen molar-refractivity contribution in [3.05, 3.63) is 95.6 Å². The van der Waals surface area contributed by atoms with E-state index in [9.17, 15) is 0 Å². The Hall–Kier alpha value is -3.12. The van der Waals surface area contributed by atoms with Crippen LogP contribution in [0.4, 0.5) is 0 Å². The number of aliphatic hydroxyl groups is 2. The lowest BCUT2D eigenvalue weighted by atomic mass is 10.1. The molecule has 0 bridgehead atoms. The third-order valence-corrected chi connectivity index (χ3v) is 10.5. The molecule has 0 aliphatic carbocycles. The zero-order valence-corrected chi connectivity index (χ0v) is 20.4. The fourth-order valence-electron chi connectivity index (χ4n) is 4.16. The van der Waals surface area contributed by atoms with E-state index in [1.807, 2.05) is 30.3 Å². The predicted molar refractivity (Wildman–Crippen MR) is 137 cm³/mol. The average molecular weight is 455 g/mol. The van der Waals surface area contributed by atoms with Gasteiger partial charge in [0, 0.05) is 11.1 Å². The molecule has 168 valence electrons. The number of benzene rings is 3. The van der Waals surface area contributed by atoms with Crippen LogP contribution in [0.3, 0.4) is 0 Å². The molecular weight excluding hydrogens is 424 g/mol. The van der Waals surface area contributed by atoms with Gasteiger partial charge in [0.05, 0.1) is 6.61 Å². The molecule has 0 atom stereocenters. The number of aliphatic hydroxyl groups excluding tert-OH is 2. The molecule has 33 heavy (non-hydrogen) atoms. The molecule has 2 N–H and O–H groups in total. The Morgan fingerprint density at radius 1 is 0.727 bits per heavy atom. The number of rotatable bonds is 5. The molecule has 0 unspecified atom stereocenters. The molecule has 0 aromatic heterocycles. The molecule has 4 heteroatoms. The zero-order chi connectivity index (χ0) is 23.7. The van der Waals surface area contributed by atoms with Gasteiger partial charge in [-0.1, -0.05) is 105 Å². The molecule has 0 saturated heterocycles. The molecule has 3 rings (SSSR count). The molecular formula is C29H30O3Si. The second kappa shape index (κ2) is 11.1. The van der Waals surface area contributed by atoms with Crippen LogP contribution in [0.5, 0.6) is 0 Å². The minimum atomic E-state index is -2.67. The summed E-state index contributed by atoms with van der Waals surface area (Å²) < 4.78 is 7.02. The van der Waals surface area contributed by atoms with Gasteiger partial charge in [-0.25, -0.2) is 0 Å². The highest BCUT2D eigenvalue weighted by atomic mass is 28.4. The van der Waals surface area contributed by atoms with Crippen LogP contribution in [-0.2, 0) is 11.0 Å². The fourth-order valence-corrected chi connectivity index (χ4v) is 8.69. The summed E-state index contributed by atoms with van der Waals surface area (Å²) in [6.45, 7) is 6.73. The highest BCUT2D eigenvalue weighted by molar-refractivity contribution is 6.99. The summed E-state index contributed by atoms with van der Waals surface area (Å²) in [7, 11) is -2.67. The number of hydrogen-bond acceptors (Lipinski definition) is 3.